The largest absolute Gasteiger partial charge is 0.475 e. The molecule has 11 nitrogen and oxygen atoms in total. The molecular formula is C38H38N6O5S. The van der Waals surface area contributed by atoms with E-state index in [2.05, 4.69) is 19.7 Å². The van der Waals surface area contributed by atoms with Gasteiger partial charge >= 0.3 is 0 Å². The second-order valence-corrected chi connectivity index (χ2v) is 16.4. The number of ether oxygens (including phenoxy) is 1. The summed E-state index contributed by atoms with van der Waals surface area (Å²) in [7, 11) is -4.17. The second-order valence-electron chi connectivity index (χ2n) is 14.7. The first-order chi connectivity index (χ1) is 24.1. The summed E-state index contributed by atoms with van der Waals surface area (Å²) >= 11 is 0. The average Bonchev–Trinajstić information content (AvgIpc) is 3.43. The van der Waals surface area contributed by atoms with Crippen molar-refractivity contribution in [3.63, 3.8) is 0 Å². The summed E-state index contributed by atoms with van der Waals surface area (Å²) in [6.45, 7) is 4.30. The van der Waals surface area contributed by atoms with Gasteiger partial charge in [-0.25, -0.2) is 28.1 Å². The maximum atomic E-state index is 14.6. The maximum absolute atomic E-state index is 14.6. The number of amides is 1. The van der Waals surface area contributed by atoms with Crippen LogP contribution in [-0.4, -0.2) is 51.8 Å². The molecule has 5 aromatic rings. The van der Waals surface area contributed by atoms with Crippen molar-refractivity contribution in [3.8, 4) is 17.1 Å². The number of benzene rings is 2. The number of nitrogens with one attached hydrogen (secondary N) is 1. The molecule has 50 heavy (non-hydrogen) atoms. The fourth-order valence-corrected chi connectivity index (χ4v) is 9.26. The number of hydrogen-bond acceptors (Lipinski definition) is 9. The molecule has 4 fully saturated rings. The summed E-state index contributed by atoms with van der Waals surface area (Å²) in [5.41, 5.74) is 5.59. The molecule has 4 aliphatic carbocycles. The molecule has 12 heteroatoms. The third-order valence-corrected chi connectivity index (χ3v) is 12.5. The lowest BCUT2D eigenvalue weighted by atomic mass is 9.43. The minimum atomic E-state index is -4.17. The first-order valence-corrected chi connectivity index (χ1v) is 18.9. The molecule has 4 heterocycles. The molecule has 0 spiro atoms. The Hall–Kier alpha value is -4.84. The van der Waals surface area contributed by atoms with E-state index in [4.69, 9.17) is 14.1 Å². The highest BCUT2D eigenvalue weighted by atomic mass is 32.2. The molecule has 1 N–H and O–H groups in total. The predicted octanol–water partition coefficient (Wildman–Crippen LogP) is 6.96. The summed E-state index contributed by atoms with van der Waals surface area (Å²) in [5.74, 6) is 1.88. The molecular weight excluding hydrogens is 653 g/mol. The van der Waals surface area contributed by atoms with Crippen LogP contribution in [0, 0.1) is 25.2 Å². The number of sulfonamides is 1. The van der Waals surface area contributed by atoms with Crippen LogP contribution in [0.15, 0.2) is 70.1 Å². The van der Waals surface area contributed by atoms with Crippen LogP contribution in [0.3, 0.4) is 0 Å². The Morgan fingerprint density at radius 1 is 0.980 bits per heavy atom. The number of nitrogens with zero attached hydrogens (tertiary/aromatic N) is 5. The molecule has 6 bridgehead atoms. The number of rotatable bonds is 6. The zero-order chi connectivity index (χ0) is 34.2. The standard InChI is InChI=1S/C38H38N6O5S/c1-22-6-3-7-23(2)34(22)30-14-33-42-37(41-30)43-50(46,47)29-11-5-10-26(12-29)36(45)44(28(21-48-33)18-38-15-24(16-38)17-38)20-27-19-39-35-31(40-27)13-32(49-35)25-8-4-9-25/h3,5-7,10-14,19,24-25,28H,4,8-9,15-18,20-21H2,1-2H3,(H,41,42,43)/t24?,28-,38?/m1/s1. The van der Waals surface area contributed by atoms with Gasteiger partial charge in [0.05, 0.1) is 35.1 Å². The van der Waals surface area contributed by atoms with Crippen LogP contribution < -0.4 is 9.46 Å². The molecule has 0 radical (unpaired) electrons. The van der Waals surface area contributed by atoms with Gasteiger partial charge in [0.25, 0.3) is 15.9 Å². The fourth-order valence-electron chi connectivity index (χ4n) is 8.27. The first-order valence-electron chi connectivity index (χ1n) is 17.4. The van der Waals surface area contributed by atoms with Crippen molar-refractivity contribution in [1.82, 2.24) is 24.8 Å². The van der Waals surface area contributed by atoms with E-state index in [0.717, 1.165) is 66.9 Å². The SMILES string of the molecule is Cc1cccc(C)c1-c1cc2nc(n1)NS(=O)(=O)c1cccc(c1)C(=O)N(Cc1cnc3oc(C4CCC4)cc3n1)[C@H](CC13CC(C1)C3)CO2. The number of carbonyl (C=O) groups excluding carboxylic acids is 1. The minimum Gasteiger partial charge on any atom is -0.475 e. The lowest BCUT2D eigenvalue weighted by molar-refractivity contribution is -0.126. The number of anilines is 1. The molecule has 3 aromatic heterocycles. The third kappa shape index (κ3) is 5.49. The van der Waals surface area contributed by atoms with Gasteiger partial charge in [0, 0.05) is 29.2 Å². The van der Waals surface area contributed by atoms with Crippen molar-refractivity contribution in [3.05, 3.63) is 88.9 Å². The molecule has 0 saturated heterocycles. The Balaban J connectivity index is 1.14. The zero-order valence-corrected chi connectivity index (χ0v) is 28.9. The summed E-state index contributed by atoms with van der Waals surface area (Å²) < 4.78 is 42.6. The van der Waals surface area contributed by atoms with E-state index in [0.29, 0.717) is 28.5 Å². The number of carbonyl (C=O) groups is 1. The van der Waals surface area contributed by atoms with Crippen molar-refractivity contribution < 1.29 is 22.4 Å². The van der Waals surface area contributed by atoms with Crippen LogP contribution in [0.2, 0.25) is 0 Å². The van der Waals surface area contributed by atoms with Crippen LogP contribution in [0.1, 0.15) is 83.8 Å². The van der Waals surface area contributed by atoms with Gasteiger partial charge < -0.3 is 14.1 Å². The number of aromatic nitrogens is 4. The topological polar surface area (TPSA) is 140 Å². The predicted molar refractivity (Wildman–Crippen MR) is 186 cm³/mol. The van der Waals surface area contributed by atoms with Gasteiger partial charge in [0.1, 0.15) is 17.9 Å². The first kappa shape index (κ1) is 31.2. The van der Waals surface area contributed by atoms with Gasteiger partial charge in [0.15, 0.2) is 0 Å². The molecule has 1 atom stereocenters. The van der Waals surface area contributed by atoms with E-state index in [9.17, 15) is 13.2 Å². The number of hydrogen-bond donors (Lipinski definition) is 1. The third-order valence-electron chi connectivity index (χ3n) is 11.2. The quantitative estimate of drug-likeness (QED) is 0.200. The molecule has 4 saturated carbocycles. The molecule has 0 unspecified atom stereocenters. The number of fused-ring (bicyclic) bond motifs is 5. The molecule has 5 aliphatic rings. The van der Waals surface area contributed by atoms with E-state index in [1.54, 1.807) is 29.3 Å². The van der Waals surface area contributed by atoms with Gasteiger partial charge in [-0.3, -0.25) is 4.79 Å². The van der Waals surface area contributed by atoms with Crippen LogP contribution in [-0.2, 0) is 16.6 Å². The minimum absolute atomic E-state index is 0.0646. The summed E-state index contributed by atoms with van der Waals surface area (Å²) in [5, 5.41) is 0. The van der Waals surface area contributed by atoms with E-state index >= 15 is 0 Å². The molecule has 256 valence electrons. The van der Waals surface area contributed by atoms with E-state index in [1.165, 1.54) is 18.6 Å². The second kappa shape index (κ2) is 11.6. The number of furan rings is 1. The highest BCUT2D eigenvalue weighted by molar-refractivity contribution is 7.92. The maximum Gasteiger partial charge on any atom is 0.264 e. The van der Waals surface area contributed by atoms with Gasteiger partial charge in [-0.15, -0.1) is 0 Å². The monoisotopic (exact) mass is 690 g/mol. The average molecular weight is 691 g/mol. The molecule has 1 amide bonds. The van der Waals surface area contributed by atoms with Crippen LogP contribution in [0.5, 0.6) is 5.88 Å². The molecule has 2 aromatic carbocycles. The fraction of sp³-hybridized carbons (Fsp3) is 0.395. The van der Waals surface area contributed by atoms with Crippen molar-refractivity contribution in [2.45, 2.75) is 82.2 Å². The van der Waals surface area contributed by atoms with Crippen molar-refractivity contribution in [1.29, 1.82) is 0 Å². The van der Waals surface area contributed by atoms with Crippen molar-refractivity contribution in [2.75, 3.05) is 11.3 Å². The van der Waals surface area contributed by atoms with Gasteiger partial charge in [-0.1, -0.05) is 30.7 Å². The Labute approximate surface area is 290 Å². The van der Waals surface area contributed by atoms with Crippen molar-refractivity contribution >= 4 is 33.1 Å². The summed E-state index contributed by atoms with van der Waals surface area (Å²) in [4.78, 5) is 35.0. The van der Waals surface area contributed by atoms with Gasteiger partial charge in [-0.05, 0) is 93.0 Å². The Bertz CT molecular complexity index is 2250. The smallest absolute Gasteiger partial charge is 0.264 e. The van der Waals surface area contributed by atoms with Crippen LogP contribution in [0.4, 0.5) is 5.95 Å². The van der Waals surface area contributed by atoms with E-state index in [-0.39, 0.29) is 52.8 Å². The lowest BCUT2D eigenvalue weighted by Gasteiger charge is -2.63. The van der Waals surface area contributed by atoms with E-state index in [1.807, 2.05) is 38.1 Å². The summed E-state index contributed by atoms with van der Waals surface area (Å²) in [6.07, 6.45) is 9.24. The number of aryl methyl sites for hydroxylation is 2. The summed E-state index contributed by atoms with van der Waals surface area (Å²) in [6, 6.07) is 15.4. The Kier molecular flexibility index (Phi) is 7.24. The van der Waals surface area contributed by atoms with Crippen LogP contribution in [0.25, 0.3) is 22.5 Å². The van der Waals surface area contributed by atoms with Crippen LogP contribution >= 0.6 is 0 Å². The molecule has 10 rings (SSSR count). The van der Waals surface area contributed by atoms with Gasteiger partial charge in [0.2, 0.25) is 17.5 Å². The van der Waals surface area contributed by atoms with Gasteiger partial charge in [-0.2, -0.15) is 4.98 Å². The molecule has 1 aliphatic heterocycles. The normalized spacial score (nSPS) is 24.0. The lowest BCUT2D eigenvalue weighted by Crippen LogP contribution is -2.56. The zero-order valence-electron chi connectivity index (χ0n) is 28.1. The van der Waals surface area contributed by atoms with E-state index < -0.39 is 10.0 Å². The highest BCUT2D eigenvalue weighted by Gasteiger charge is 2.57. The van der Waals surface area contributed by atoms with Crippen molar-refractivity contribution in [2.24, 2.45) is 11.3 Å². The Morgan fingerprint density at radius 3 is 2.48 bits per heavy atom. The Morgan fingerprint density at radius 2 is 1.76 bits per heavy atom. The highest BCUT2D eigenvalue weighted by Crippen LogP contribution is 2.66.